The van der Waals surface area contributed by atoms with E-state index < -0.39 is 11.5 Å². The molecule has 1 amide bonds. The number of carbonyl (C=O) groups excluding carboxylic acids is 2. The van der Waals surface area contributed by atoms with E-state index in [1.807, 2.05) is 0 Å². The molecule has 0 aromatic rings. The molecule has 0 atom stereocenters. The maximum absolute atomic E-state index is 12.6. The summed E-state index contributed by atoms with van der Waals surface area (Å²) in [4.78, 5) is 24.7. The Bertz CT molecular complexity index is 442. The number of nitrogens with two attached hydrogens (primary N) is 1. The van der Waals surface area contributed by atoms with E-state index >= 15 is 0 Å². The average molecular weight is 338 g/mol. The van der Waals surface area contributed by atoms with E-state index in [0.29, 0.717) is 36.5 Å². The Balaban J connectivity index is 1.94. The summed E-state index contributed by atoms with van der Waals surface area (Å²) in [5.41, 5.74) is 4.59. The Hall–Kier alpha value is -1.06. The molecule has 2 fully saturated rings. The fraction of sp³-hybridized carbons (Fsp3) is 0.900. The molecule has 138 valence electrons. The van der Waals surface area contributed by atoms with Crippen LogP contribution in [0, 0.1) is 29.6 Å². The topological polar surface area (TPSA) is 69.4 Å². The van der Waals surface area contributed by atoms with Gasteiger partial charge in [0.1, 0.15) is 0 Å². The van der Waals surface area contributed by atoms with Crippen LogP contribution in [0.15, 0.2) is 0 Å². The number of primary amides is 1. The van der Waals surface area contributed by atoms with E-state index in [2.05, 4.69) is 27.7 Å². The molecule has 0 bridgehead atoms. The van der Waals surface area contributed by atoms with Crippen LogP contribution >= 0.6 is 0 Å². The number of esters is 1. The number of amides is 1. The van der Waals surface area contributed by atoms with Gasteiger partial charge in [-0.15, -0.1) is 0 Å². The second-order valence-corrected chi connectivity index (χ2v) is 8.72. The molecule has 2 N–H and O–H groups in total. The predicted molar refractivity (Wildman–Crippen MR) is 95.1 cm³/mol. The van der Waals surface area contributed by atoms with Gasteiger partial charge in [-0.05, 0) is 75.0 Å². The van der Waals surface area contributed by atoms with E-state index in [0.717, 1.165) is 38.5 Å². The molecule has 0 aliphatic heterocycles. The van der Waals surface area contributed by atoms with E-state index in [1.165, 1.54) is 0 Å². The SMILES string of the molecule is CC(C)C1CCC(C(=O)OC2(C(N)=O)CCC(C(C)C)CC2)CC1. The number of ether oxygens (including phenoxy) is 1. The Morgan fingerprint density at radius 2 is 1.33 bits per heavy atom. The standard InChI is InChI=1S/C20H35NO3/c1-13(2)15-5-7-17(8-6-15)18(22)24-20(19(21)23)11-9-16(10-12-20)14(3)4/h13-17H,5-12H2,1-4H3,(H2,21,23). The monoisotopic (exact) mass is 337 g/mol. The van der Waals surface area contributed by atoms with Gasteiger partial charge in [0.25, 0.3) is 5.91 Å². The van der Waals surface area contributed by atoms with Crippen molar-refractivity contribution in [3.63, 3.8) is 0 Å². The molecule has 0 aromatic heterocycles. The normalized spacial score (nSPS) is 34.3. The predicted octanol–water partition coefficient (Wildman–Crippen LogP) is 4.06. The fourth-order valence-electron chi connectivity index (χ4n) is 4.47. The maximum atomic E-state index is 12.6. The van der Waals surface area contributed by atoms with Crippen LogP contribution in [0.5, 0.6) is 0 Å². The van der Waals surface area contributed by atoms with Gasteiger partial charge in [0.05, 0.1) is 5.92 Å². The lowest BCUT2D eigenvalue weighted by Crippen LogP contribution is -2.51. The maximum Gasteiger partial charge on any atom is 0.309 e. The minimum atomic E-state index is -1.06. The number of hydrogen-bond donors (Lipinski definition) is 1. The van der Waals surface area contributed by atoms with Gasteiger partial charge < -0.3 is 10.5 Å². The fourth-order valence-corrected chi connectivity index (χ4v) is 4.47. The van der Waals surface area contributed by atoms with Gasteiger partial charge in [0, 0.05) is 0 Å². The van der Waals surface area contributed by atoms with Crippen LogP contribution in [0.2, 0.25) is 0 Å². The lowest BCUT2D eigenvalue weighted by molar-refractivity contribution is -0.177. The second-order valence-electron chi connectivity index (χ2n) is 8.72. The Morgan fingerprint density at radius 3 is 1.75 bits per heavy atom. The van der Waals surface area contributed by atoms with Crippen LogP contribution in [-0.4, -0.2) is 17.5 Å². The van der Waals surface area contributed by atoms with Crippen molar-refractivity contribution in [1.82, 2.24) is 0 Å². The Morgan fingerprint density at radius 1 is 0.875 bits per heavy atom. The third-order valence-corrected chi connectivity index (χ3v) is 6.57. The first-order valence-corrected chi connectivity index (χ1v) is 9.78. The zero-order valence-corrected chi connectivity index (χ0v) is 15.8. The highest BCUT2D eigenvalue weighted by Gasteiger charge is 2.45. The summed E-state index contributed by atoms with van der Waals surface area (Å²) in [6, 6.07) is 0. The van der Waals surface area contributed by atoms with Crippen molar-refractivity contribution >= 4 is 11.9 Å². The van der Waals surface area contributed by atoms with E-state index in [-0.39, 0.29) is 11.9 Å². The summed E-state index contributed by atoms with van der Waals surface area (Å²) in [5, 5.41) is 0. The minimum absolute atomic E-state index is 0.0564. The highest BCUT2D eigenvalue weighted by molar-refractivity contribution is 5.87. The summed E-state index contributed by atoms with van der Waals surface area (Å²) >= 11 is 0. The van der Waals surface area contributed by atoms with Crippen LogP contribution < -0.4 is 5.73 Å². The first-order valence-electron chi connectivity index (χ1n) is 9.78. The molecule has 0 heterocycles. The van der Waals surface area contributed by atoms with Crippen molar-refractivity contribution in [2.75, 3.05) is 0 Å². The quantitative estimate of drug-likeness (QED) is 0.769. The van der Waals surface area contributed by atoms with Gasteiger partial charge in [0.15, 0.2) is 5.60 Å². The van der Waals surface area contributed by atoms with E-state index in [9.17, 15) is 9.59 Å². The molecule has 2 aliphatic rings. The van der Waals surface area contributed by atoms with Crippen molar-refractivity contribution < 1.29 is 14.3 Å². The van der Waals surface area contributed by atoms with Crippen LogP contribution in [0.3, 0.4) is 0 Å². The largest absolute Gasteiger partial charge is 0.449 e. The van der Waals surface area contributed by atoms with E-state index in [1.54, 1.807) is 0 Å². The zero-order chi connectivity index (χ0) is 17.9. The van der Waals surface area contributed by atoms with Crippen LogP contribution in [-0.2, 0) is 14.3 Å². The van der Waals surface area contributed by atoms with Gasteiger partial charge in [0.2, 0.25) is 0 Å². The number of hydrogen-bond acceptors (Lipinski definition) is 3. The number of rotatable bonds is 5. The number of carbonyl (C=O) groups is 2. The lowest BCUT2D eigenvalue weighted by Gasteiger charge is -2.39. The van der Waals surface area contributed by atoms with Crippen molar-refractivity contribution in [2.24, 2.45) is 35.3 Å². The first-order chi connectivity index (χ1) is 11.2. The Kier molecular flexibility index (Phi) is 6.33. The van der Waals surface area contributed by atoms with Gasteiger partial charge in [-0.1, -0.05) is 27.7 Å². The second kappa shape index (κ2) is 7.88. The molecule has 0 unspecified atom stereocenters. The summed E-state index contributed by atoms with van der Waals surface area (Å²) in [5.74, 6) is 1.85. The molecule has 0 saturated heterocycles. The van der Waals surface area contributed by atoms with Crippen molar-refractivity contribution in [3.8, 4) is 0 Å². The van der Waals surface area contributed by atoms with Gasteiger partial charge in [-0.25, -0.2) is 0 Å². The zero-order valence-electron chi connectivity index (χ0n) is 15.8. The van der Waals surface area contributed by atoms with Crippen molar-refractivity contribution in [3.05, 3.63) is 0 Å². The first kappa shape index (κ1) is 19.3. The molecule has 0 radical (unpaired) electrons. The molecule has 24 heavy (non-hydrogen) atoms. The molecule has 2 aliphatic carbocycles. The third-order valence-electron chi connectivity index (χ3n) is 6.57. The summed E-state index contributed by atoms with van der Waals surface area (Å²) in [7, 11) is 0. The highest BCUT2D eigenvalue weighted by atomic mass is 16.6. The Labute approximate surface area is 146 Å². The van der Waals surface area contributed by atoms with Crippen LogP contribution in [0.25, 0.3) is 0 Å². The molecule has 2 rings (SSSR count). The van der Waals surface area contributed by atoms with Gasteiger partial charge in [-0.2, -0.15) is 0 Å². The van der Waals surface area contributed by atoms with Crippen LogP contribution in [0.1, 0.15) is 79.1 Å². The molecular formula is C20H35NO3. The molecular weight excluding hydrogens is 302 g/mol. The highest BCUT2D eigenvalue weighted by Crippen LogP contribution is 2.40. The van der Waals surface area contributed by atoms with Crippen LogP contribution in [0.4, 0.5) is 0 Å². The van der Waals surface area contributed by atoms with Crippen molar-refractivity contribution in [1.29, 1.82) is 0 Å². The molecule has 0 aromatic carbocycles. The lowest BCUT2D eigenvalue weighted by atomic mass is 9.73. The van der Waals surface area contributed by atoms with Gasteiger partial charge >= 0.3 is 5.97 Å². The molecule has 0 spiro atoms. The minimum Gasteiger partial charge on any atom is -0.449 e. The average Bonchev–Trinajstić information content (AvgIpc) is 2.55. The van der Waals surface area contributed by atoms with Crippen molar-refractivity contribution in [2.45, 2.75) is 84.7 Å². The molecule has 2 saturated carbocycles. The van der Waals surface area contributed by atoms with E-state index in [4.69, 9.17) is 10.5 Å². The smallest absolute Gasteiger partial charge is 0.309 e. The molecule has 4 heteroatoms. The molecule has 4 nitrogen and oxygen atoms in total. The summed E-state index contributed by atoms with van der Waals surface area (Å²) < 4.78 is 5.79. The van der Waals surface area contributed by atoms with Gasteiger partial charge in [-0.3, -0.25) is 9.59 Å². The third kappa shape index (κ3) is 4.31. The summed E-state index contributed by atoms with van der Waals surface area (Å²) in [6.07, 6.45) is 6.90. The summed E-state index contributed by atoms with van der Waals surface area (Å²) in [6.45, 7) is 8.92.